The first kappa shape index (κ1) is 15.2. The Morgan fingerprint density at radius 3 is 2.57 bits per heavy atom. The average Bonchev–Trinajstić information content (AvgIpc) is 2.49. The predicted molar refractivity (Wildman–Crippen MR) is 84.7 cm³/mol. The summed E-state index contributed by atoms with van der Waals surface area (Å²) in [5, 5.41) is 15.3. The maximum Gasteiger partial charge on any atom is 0.243 e. The summed E-state index contributed by atoms with van der Waals surface area (Å²) in [6.07, 6.45) is 0. The molecule has 106 valence electrons. The lowest BCUT2D eigenvalue weighted by atomic mass is 10.2. The molecule has 1 amide bonds. The molecule has 0 fully saturated rings. The standard InChI is InChI=1S/C15H11Cl2N3O/c16-11-5-3-7-13(15(11)17)19-9-14(21)20-12-6-2-1-4-10(12)8-18/h1-7,19H,9H2,(H,20,21). The van der Waals surface area contributed by atoms with Gasteiger partial charge in [0.2, 0.25) is 5.91 Å². The molecule has 0 unspecified atom stereocenters. The summed E-state index contributed by atoms with van der Waals surface area (Å²) in [7, 11) is 0. The van der Waals surface area contributed by atoms with Crippen molar-refractivity contribution in [3.8, 4) is 6.07 Å². The number of para-hydroxylation sites is 1. The van der Waals surface area contributed by atoms with E-state index < -0.39 is 0 Å². The van der Waals surface area contributed by atoms with E-state index in [2.05, 4.69) is 10.6 Å². The number of nitrogens with zero attached hydrogens (tertiary/aromatic N) is 1. The molecule has 0 atom stereocenters. The van der Waals surface area contributed by atoms with Gasteiger partial charge in [-0.25, -0.2) is 0 Å². The molecule has 2 aromatic carbocycles. The number of benzene rings is 2. The highest BCUT2D eigenvalue weighted by atomic mass is 35.5. The van der Waals surface area contributed by atoms with Crippen molar-refractivity contribution in [3.05, 3.63) is 58.1 Å². The lowest BCUT2D eigenvalue weighted by Crippen LogP contribution is -2.22. The van der Waals surface area contributed by atoms with Crippen molar-refractivity contribution in [2.24, 2.45) is 0 Å². The molecule has 0 heterocycles. The Balaban J connectivity index is 2.00. The first-order valence-electron chi connectivity index (χ1n) is 6.08. The third-order valence-electron chi connectivity index (χ3n) is 2.71. The van der Waals surface area contributed by atoms with E-state index in [4.69, 9.17) is 28.5 Å². The summed E-state index contributed by atoms with van der Waals surface area (Å²) in [6, 6.07) is 13.9. The zero-order chi connectivity index (χ0) is 15.2. The van der Waals surface area contributed by atoms with Crippen molar-refractivity contribution in [2.45, 2.75) is 0 Å². The number of hydrogen-bond acceptors (Lipinski definition) is 3. The number of halogens is 2. The minimum atomic E-state index is -0.284. The van der Waals surface area contributed by atoms with E-state index in [9.17, 15) is 4.79 Å². The highest BCUT2D eigenvalue weighted by Crippen LogP contribution is 2.29. The second kappa shape index (κ2) is 6.98. The van der Waals surface area contributed by atoms with Crippen LogP contribution in [0, 0.1) is 11.3 Å². The van der Waals surface area contributed by atoms with Crippen LogP contribution in [0.5, 0.6) is 0 Å². The van der Waals surface area contributed by atoms with Crippen LogP contribution in [-0.2, 0) is 4.79 Å². The van der Waals surface area contributed by atoms with Crippen LogP contribution in [0.4, 0.5) is 11.4 Å². The number of hydrogen-bond donors (Lipinski definition) is 2. The molecule has 2 N–H and O–H groups in total. The summed E-state index contributed by atoms with van der Waals surface area (Å²) in [6.45, 7) is 0.0137. The Labute approximate surface area is 132 Å². The van der Waals surface area contributed by atoms with Crippen LogP contribution in [0.1, 0.15) is 5.56 Å². The van der Waals surface area contributed by atoms with Gasteiger partial charge in [-0.2, -0.15) is 5.26 Å². The van der Waals surface area contributed by atoms with E-state index in [-0.39, 0.29) is 12.5 Å². The van der Waals surface area contributed by atoms with Crippen molar-refractivity contribution in [1.82, 2.24) is 0 Å². The molecule has 0 aliphatic rings. The second-order valence-corrected chi connectivity index (χ2v) is 4.95. The van der Waals surface area contributed by atoms with Gasteiger partial charge in [0.25, 0.3) is 0 Å². The van der Waals surface area contributed by atoms with Crippen LogP contribution >= 0.6 is 23.2 Å². The fraction of sp³-hybridized carbons (Fsp3) is 0.0667. The lowest BCUT2D eigenvalue weighted by Gasteiger charge is -2.10. The van der Waals surface area contributed by atoms with Crippen LogP contribution in [0.15, 0.2) is 42.5 Å². The predicted octanol–water partition coefficient (Wildman–Crippen LogP) is 3.92. The highest BCUT2D eigenvalue weighted by Gasteiger charge is 2.08. The molecule has 21 heavy (non-hydrogen) atoms. The summed E-state index contributed by atoms with van der Waals surface area (Å²) < 4.78 is 0. The van der Waals surface area contributed by atoms with Crippen LogP contribution in [0.25, 0.3) is 0 Å². The van der Waals surface area contributed by atoms with Crippen LogP contribution < -0.4 is 10.6 Å². The van der Waals surface area contributed by atoms with Crippen LogP contribution in [-0.4, -0.2) is 12.5 Å². The Bertz CT molecular complexity index is 710. The molecular weight excluding hydrogens is 309 g/mol. The van der Waals surface area contributed by atoms with Gasteiger partial charge in [-0.1, -0.05) is 41.4 Å². The minimum Gasteiger partial charge on any atom is -0.375 e. The van der Waals surface area contributed by atoms with Gasteiger partial charge >= 0.3 is 0 Å². The maximum absolute atomic E-state index is 11.9. The molecule has 2 aromatic rings. The van der Waals surface area contributed by atoms with Crippen molar-refractivity contribution in [3.63, 3.8) is 0 Å². The molecule has 0 radical (unpaired) electrons. The molecule has 0 aliphatic carbocycles. The number of nitrogens with one attached hydrogen (secondary N) is 2. The van der Waals surface area contributed by atoms with Gasteiger partial charge < -0.3 is 10.6 Å². The van der Waals surface area contributed by atoms with Gasteiger partial charge in [0.15, 0.2) is 0 Å². The summed E-state index contributed by atoms with van der Waals surface area (Å²) >= 11 is 11.9. The van der Waals surface area contributed by atoms with Crippen LogP contribution in [0.3, 0.4) is 0 Å². The zero-order valence-corrected chi connectivity index (χ0v) is 12.4. The van der Waals surface area contributed by atoms with E-state index in [0.29, 0.717) is 27.0 Å². The number of carbonyl (C=O) groups excluding carboxylic acids is 1. The number of anilines is 2. The van der Waals surface area contributed by atoms with E-state index in [1.165, 1.54) is 0 Å². The van der Waals surface area contributed by atoms with Gasteiger partial charge in [-0.15, -0.1) is 0 Å². The average molecular weight is 320 g/mol. The Morgan fingerprint density at radius 2 is 1.81 bits per heavy atom. The van der Waals surface area contributed by atoms with Gasteiger partial charge in [-0.3, -0.25) is 4.79 Å². The fourth-order valence-electron chi connectivity index (χ4n) is 1.70. The zero-order valence-electron chi connectivity index (χ0n) is 10.9. The van der Waals surface area contributed by atoms with Gasteiger partial charge in [0.1, 0.15) is 6.07 Å². The molecule has 0 aliphatic heterocycles. The van der Waals surface area contributed by atoms with Crippen molar-refractivity contribution in [2.75, 3.05) is 17.2 Å². The van der Waals surface area contributed by atoms with E-state index in [1.54, 1.807) is 42.5 Å². The van der Waals surface area contributed by atoms with Gasteiger partial charge in [-0.05, 0) is 24.3 Å². The van der Waals surface area contributed by atoms with Crippen molar-refractivity contribution in [1.29, 1.82) is 5.26 Å². The van der Waals surface area contributed by atoms with Crippen LogP contribution in [0.2, 0.25) is 10.0 Å². The summed E-state index contributed by atoms with van der Waals surface area (Å²) in [4.78, 5) is 11.9. The molecule has 0 saturated heterocycles. The van der Waals surface area contributed by atoms with Crippen molar-refractivity contribution >= 4 is 40.5 Å². The Hall–Kier alpha value is -2.22. The first-order valence-corrected chi connectivity index (χ1v) is 6.84. The smallest absolute Gasteiger partial charge is 0.243 e. The molecule has 0 saturated carbocycles. The molecule has 0 spiro atoms. The van der Waals surface area contributed by atoms with E-state index >= 15 is 0 Å². The molecule has 6 heteroatoms. The van der Waals surface area contributed by atoms with Gasteiger partial charge in [0, 0.05) is 0 Å². The van der Waals surface area contributed by atoms with E-state index in [1.807, 2.05) is 6.07 Å². The summed E-state index contributed by atoms with van der Waals surface area (Å²) in [5.41, 5.74) is 1.46. The second-order valence-electron chi connectivity index (χ2n) is 4.16. The third-order valence-corrected chi connectivity index (χ3v) is 3.53. The number of nitriles is 1. The third kappa shape index (κ3) is 3.88. The Morgan fingerprint density at radius 1 is 1.10 bits per heavy atom. The molecule has 2 rings (SSSR count). The monoisotopic (exact) mass is 319 g/mol. The van der Waals surface area contributed by atoms with Gasteiger partial charge in [0.05, 0.1) is 33.5 Å². The highest BCUT2D eigenvalue weighted by molar-refractivity contribution is 6.43. The first-order chi connectivity index (χ1) is 10.1. The maximum atomic E-state index is 11.9. The van der Waals surface area contributed by atoms with E-state index in [0.717, 1.165) is 0 Å². The minimum absolute atomic E-state index is 0.0137. The lowest BCUT2D eigenvalue weighted by molar-refractivity contribution is -0.114. The molecule has 4 nitrogen and oxygen atoms in total. The fourth-order valence-corrected chi connectivity index (χ4v) is 2.07. The number of carbonyl (C=O) groups is 1. The number of rotatable bonds is 4. The molecule has 0 aromatic heterocycles. The molecule has 0 bridgehead atoms. The number of amides is 1. The SMILES string of the molecule is N#Cc1ccccc1NC(=O)CNc1cccc(Cl)c1Cl. The summed E-state index contributed by atoms with van der Waals surface area (Å²) in [5.74, 6) is -0.284. The normalized spacial score (nSPS) is 9.76. The Kier molecular flexibility index (Phi) is 5.04. The van der Waals surface area contributed by atoms with Crippen molar-refractivity contribution < 1.29 is 4.79 Å². The quantitative estimate of drug-likeness (QED) is 0.897. The molecular formula is C15H11Cl2N3O. The largest absolute Gasteiger partial charge is 0.375 e. The topological polar surface area (TPSA) is 64.9 Å².